The summed E-state index contributed by atoms with van der Waals surface area (Å²) in [6.07, 6.45) is 3.29. The summed E-state index contributed by atoms with van der Waals surface area (Å²) in [7, 11) is 0. The second kappa shape index (κ2) is 8.57. The molecule has 0 aliphatic carbocycles. The van der Waals surface area contributed by atoms with Crippen LogP contribution in [0, 0.1) is 17.2 Å². The number of amides is 1. The largest absolute Gasteiger partial charge is 0.330 e. The van der Waals surface area contributed by atoms with Gasteiger partial charge in [-0.1, -0.05) is 24.9 Å². The van der Waals surface area contributed by atoms with Gasteiger partial charge < -0.3 is 11.1 Å². The maximum Gasteiger partial charge on any atom is 0.224 e. The van der Waals surface area contributed by atoms with Crippen molar-refractivity contribution in [1.29, 1.82) is 5.26 Å². The van der Waals surface area contributed by atoms with E-state index in [1.165, 1.54) is 0 Å². The summed E-state index contributed by atoms with van der Waals surface area (Å²) in [6, 6.07) is 6.85. The number of rotatable bonds is 7. The summed E-state index contributed by atoms with van der Waals surface area (Å²) in [5.74, 6) is 0.455. The zero-order valence-corrected chi connectivity index (χ0v) is 12.4. The van der Waals surface area contributed by atoms with E-state index < -0.39 is 0 Å². The molecule has 0 spiro atoms. The first-order valence-electron chi connectivity index (χ1n) is 6.80. The summed E-state index contributed by atoms with van der Waals surface area (Å²) in [6.45, 7) is 2.77. The number of carbonyl (C=O) groups excluding carboxylic acids is 1. The van der Waals surface area contributed by atoms with Crippen molar-refractivity contribution in [1.82, 2.24) is 0 Å². The third-order valence-corrected chi connectivity index (χ3v) is 3.62. The standard InChI is InChI=1S/C15H20ClN3O/c1-2-11(7-8-17)3-6-15(20)19-13-5-4-12(10-18)14(16)9-13/h4-5,9,11H,2-3,6-8,17H2,1H3,(H,19,20). The number of nitriles is 1. The van der Waals surface area contributed by atoms with Gasteiger partial charge >= 0.3 is 0 Å². The second-order valence-corrected chi connectivity index (χ2v) is 5.15. The quantitative estimate of drug-likeness (QED) is 0.809. The Morgan fingerprint density at radius 2 is 2.25 bits per heavy atom. The summed E-state index contributed by atoms with van der Waals surface area (Å²) in [5, 5.41) is 11.9. The molecule has 0 aliphatic rings. The van der Waals surface area contributed by atoms with E-state index in [1.54, 1.807) is 18.2 Å². The van der Waals surface area contributed by atoms with Gasteiger partial charge in [0, 0.05) is 12.1 Å². The highest BCUT2D eigenvalue weighted by Gasteiger charge is 2.10. The van der Waals surface area contributed by atoms with Crippen LogP contribution >= 0.6 is 11.6 Å². The Labute approximate surface area is 124 Å². The maximum atomic E-state index is 11.9. The van der Waals surface area contributed by atoms with Crippen molar-refractivity contribution < 1.29 is 4.79 Å². The number of nitrogens with two attached hydrogens (primary N) is 1. The molecule has 0 fully saturated rings. The highest BCUT2D eigenvalue weighted by molar-refractivity contribution is 6.32. The summed E-state index contributed by atoms with van der Waals surface area (Å²) < 4.78 is 0. The minimum atomic E-state index is -0.0405. The van der Waals surface area contributed by atoms with E-state index in [0.717, 1.165) is 19.3 Å². The number of nitrogens with zero attached hydrogens (tertiary/aromatic N) is 1. The van der Waals surface area contributed by atoms with Crippen molar-refractivity contribution in [2.75, 3.05) is 11.9 Å². The average Bonchev–Trinajstić information content (AvgIpc) is 2.43. The minimum Gasteiger partial charge on any atom is -0.330 e. The van der Waals surface area contributed by atoms with Gasteiger partial charge in [0.2, 0.25) is 5.91 Å². The third-order valence-electron chi connectivity index (χ3n) is 3.31. The number of carbonyl (C=O) groups is 1. The number of nitrogens with one attached hydrogen (secondary N) is 1. The molecule has 0 heterocycles. The molecule has 3 N–H and O–H groups in total. The molecule has 1 aromatic rings. The number of halogens is 1. The van der Waals surface area contributed by atoms with Gasteiger partial charge in [-0.3, -0.25) is 4.79 Å². The molecule has 1 unspecified atom stereocenters. The fourth-order valence-corrected chi connectivity index (χ4v) is 2.25. The van der Waals surface area contributed by atoms with Crippen LogP contribution in [0.3, 0.4) is 0 Å². The van der Waals surface area contributed by atoms with E-state index in [1.807, 2.05) is 6.07 Å². The first-order valence-corrected chi connectivity index (χ1v) is 7.18. The molecule has 0 saturated heterocycles. The Balaban J connectivity index is 2.50. The van der Waals surface area contributed by atoms with Crippen molar-refractivity contribution in [3.05, 3.63) is 28.8 Å². The molecular formula is C15H20ClN3O. The summed E-state index contributed by atoms with van der Waals surface area (Å²) in [4.78, 5) is 11.9. The van der Waals surface area contributed by atoms with E-state index in [-0.39, 0.29) is 5.91 Å². The topological polar surface area (TPSA) is 78.9 Å². The zero-order chi connectivity index (χ0) is 15.0. The van der Waals surface area contributed by atoms with Gasteiger partial charge in [0.05, 0.1) is 10.6 Å². The van der Waals surface area contributed by atoms with Crippen molar-refractivity contribution in [2.24, 2.45) is 11.7 Å². The lowest BCUT2D eigenvalue weighted by molar-refractivity contribution is -0.116. The van der Waals surface area contributed by atoms with Gasteiger partial charge in [-0.25, -0.2) is 0 Å². The molecule has 1 aromatic carbocycles. The first-order chi connectivity index (χ1) is 9.60. The summed E-state index contributed by atoms with van der Waals surface area (Å²) in [5.41, 5.74) is 6.56. The van der Waals surface area contributed by atoms with Gasteiger partial charge in [-0.15, -0.1) is 0 Å². The van der Waals surface area contributed by atoms with Crippen LogP contribution in [0.15, 0.2) is 18.2 Å². The zero-order valence-electron chi connectivity index (χ0n) is 11.7. The van der Waals surface area contributed by atoms with E-state index >= 15 is 0 Å². The molecule has 108 valence electrons. The molecule has 20 heavy (non-hydrogen) atoms. The molecule has 1 amide bonds. The van der Waals surface area contributed by atoms with Crippen LogP contribution in [-0.2, 0) is 4.79 Å². The molecule has 0 saturated carbocycles. The van der Waals surface area contributed by atoms with E-state index in [2.05, 4.69) is 12.2 Å². The fourth-order valence-electron chi connectivity index (χ4n) is 2.03. The highest BCUT2D eigenvalue weighted by Crippen LogP contribution is 2.21. The van der Waals surface area contributed by atoms with Crippen LogP contribution in [0.25, 0.3) is 0 Å². The minimum absolute atomic E-state index is 0.0405. The van der Waals surface area contributed by atoms with E-state index in [0.29, 0.717) is 35.2 Å². The van der Waals surface area contributed by atoms with E-state index in [4.69, 9.17) is 22.6 Å². The van der Waals surface area contributed by atoms with Crippen LogP contribution in [-0.4, -0.2) is 12.5 Å². The van der Waals surface area contributed by atoms with Gasteiger partial charge in [-0.2, -0.15) is 5.26 Å². The summed E-state index contributed by atoms with van der Waals surface area (Å²) >= 11 is 5.92. The van der Waals surface area contributed by atoms with Crippen LogP contribution in [0.4, 0.5) is 5.69 Å². The molecule has 4 nitrogen and oxygen atoms in total. The highest BCUT2D eigenvalue weighted by atomic mass is 35.5. The second-order valence-electron chi connectivity index (χ2n) is 4.74. The first kappa shape index (κ1) is 16.5. The van der Waals surface area contributed by atoms with Crippen LogP contribution in [0.1, 0.15) is 38.2 Å². The van der Waals surface area contributed by atoms with Gasteiger partial charge in [-0.05, 0) is 43.5 Å². The number of hydrogen-bond donors (Lipinski definition) is 2. The SMILES string of the molecule is CCC(CCN)CCC(=O)Nc1ccc(C#N)c(Cl)c1. The third kappa shape index (κ3) is 5.20. The smallest absolute Gasteiger partial charge is 0.224 e. The normalized spacial score (nSPS) is 11.7. The van der Waals surface area contributed by atoms with E-state index in [9.17, 15) is 4.79 Å². The molecule has 5 heteroatoms. The number of benzene rings is 1. The molecule has 1 rings (SSSR count). The van der Waals surface area contributed by atoms with Crippen LogP contribution < -0.4 is 11.1 Å². The maximum absolute atomic E-state index is 11.9. The molecule has 1 atom stereocenters. The molecule has 0 aromatic heterocycles. The lowest BCUT2D eigenvalue weighted by Crippen LogP contribution is -2.15. The van der Waals surface area contributed by atoms with Crippen molar-refractivity contribution in [3.63, 3.8) is 0 Å². The van der Waals surface area contributed by atoms with Gasteiger partial charge in [0.25, 0.3) is 0 Å². The predicted molar refractivity (Wildman–Crippen MR) is 81.5 cm³/mol. The van der Waals surface area contributed by atoms with Crippen LogP contribution in [0.5, 0.6) is 0 Å². The Hall–Kier alpha value is -1.57. The number of hydrogen-bond acceptors (Lipinski definition) is 3. The van der Waals surface area contributed by atoms with Crippen molar-refractivity contribution in [3.8, 4) is 6.07 Å². The Kier molecular flexibility index (Phi) is 7.06. The van der Waals surface area contributed by atoms with Crippen molar-refractivity contribution in [2.45, 2.75) is 32.6 Å². The van der Waals surface area contributed by atoms with Gasteiger partial charge in [0.1, 0.15) is 6.07 Å². The molecule has 0 radical (unpaired) electrons. The molecular weight excluding hydrogens is 274 g/mol. The Morgan fingerprint density at radius 3 is 2.80 bits per heavy atom. The Morgan fingerprint density at radius 1 is 1.50 bits per heavy atom. The molecule has 0 bridgehead atoms. The molecule has 0 aliphatic heterocycles. The van der Waals surface area contributed by atoms with Crippen molar-refractivity contribution >= 4 is 23.2 Å². The van der Waals surface area contributed by atoms with Gasteiger partial charge in [0.15, 0.2) is 0 Å². The van der Waals surface area contributed by atoms with Crippen LogP contribution in [0.2, 0.25) is 5.02 Å². The number of anilines is 1. The Bertz CT molecular complexity index is 496. The lowest BCUT2D eigenvalue weighted by Gasteiger charge is -2.13. The average molecular weight is 294 g/mol. The monoisotopic (exact) mass is 293 g/mol. The fraction of sp³-hybridized carbons (Fsp3) is 0.467. The lowest BCUT2D eigenvalue weighted by atomic mass is 9.96. The predicted octanol–water partition coefficient (Wildman–Crippen LogP) is 3.31.